The van der Waals surface area contributed by atoms with E-state index >= 15 is 0 Å². The van der Waals surface area contributed by atoms with Crippen LogP contribution < -0.4 is 0 Å². The van der Waals surface area contributed by atoms with Crippen molar-refractivity contribution in [3.63, 3.8) is 0 Å². The van der Waals surface area contributed by atoms with Gasteiger partial charge in [0.25, 0.3) is 0 Å². The Kier molecular flexibility index (Phi) is 3.41. The molecule has 1 N–H and O–H groups in total. The van der Waals surface area contributed by atoms with Gasteiger partial charge in [0.2, 0.25) is 0 Å². The summed E-state index contributed by atoms with van der Waals surface area (Å²) in [5.41, 5.74) is -1.80. The minimum atomic E-state index is -4.69. The predicted molar refractivity (Wildman–Crippen MR) is 60.6 cm³/mol. The van der Waals surface area contributed by atoms with Gasteiger partial charge in [-0.1, -0.05) is 12.2 Å². The summed E-state index contributed by atoms with van der Waals surface area (Å²) < 4.78 is 77.4. The highest BCUT2D eigenvalue weighted by atomic mass is 32.1. The van der Waals surface area contributed by atoms with Gasteiger partial charge in [0.15, 0.2) is 17.5 Å². The van der Waals surface area contributed by atoms with E-state index < -0.39 is 29.3 Å². The van der Waals surface area contributed by atoms with Gasteiger partial charge in [-0.2, -0.15) is 13.2 Å². The molecular weight excluding hydrogens is 306 g/mol. The van der Waals surface area contributed by atoms with Gasteiger partial charge in [-0.3, -0.25) is 5.10 Å². The predicted octanol–water partition coefficient (Wildman–Crippen LogP) is 4.28. The average Bonchev–Trinajstić information content (AvgIpc) is 2.62. The van der Waals surface area contributed by atoms with Gasteiger partial charge < -0.3 is 0 Å². The normalized spacial score (nSPS) is 11.9. The fourth-order valence-corrected chi connectivity index (χ4v) is 1.90. The number of benzene rings is 1. The maximum Gasteiger partial charge on any atom is 0.433 e. The molecule has 0 radical (unpaired) electrons. The smallest absolute Gasteiger partial charge is 0.288 e. The van der Waals surface area contributed by atoms with Gasteiger partial charge in [-0.15, -0.1) is 0 Å². The molecule has 0 unspecified atom stereocenters. The molecule has 0 saturated carbocycles. The lowest BCUT2D eigenvalue weighted by atomic mass is 10.2. The van der Waals surface area contributed by atoms with Gasteiger partial charge in [0, 0.05) is 17.7 Å². The minimum absolute atomic E-state index is 0.294. The van der Waals surface area contributed by atoms with E-state index in [1.807, 2.05) is 5.10 Å². The summed E-state index contributed by atoms with van der Waals surface area (Å²) in [6, 6.07) is 1.09. The van der Waals surface area contributed by atoms with E-state index in [0.29, 0.717) is 16.8 Å². The van der Waals surface area contributed by atoms with Crippen LogP contribution in [-0.4, -0.2) is 9.78 Å². The van der Waals surface area contributed by atoms with E-state index in [-0.39, 0.29) is 15.9 Å². The van der Waals surface area contributed by atoms with Crippen molar-refractivity contribution in [2.24, 2.45) is 0 Å². The zero-order valence-corrected chi connectivity index (χ0v) is 10.6. The number of aromatic nitrogens is 2. The Balaban J connectivity index is 2.69. The summed E-state index contributed by atoms with van der Waals surface area (Å²) >= 11 is 4.78. The fraction of sp³-hybridized carbons (Fsp3) is 0.182. The first kappa shape index (κ1) is 14.6. The third-order valence-electron chi connectivity index (χ3n) is 2.63. The second-order valence-corrected chi connectivity index (χ2v) is 4.36. The standard InChI is InChI=1S/C11H6F6N2S/c1-4-9(11(15,16)17)18-19(10(4)20)5-2-6(12)8(14)7(13)3-5/h2-3,18H,1H3. The van der Waals surface area contributed by atoms with Crippen molar-refractivity contribution >= 4 is 12.2 Å². The molecule has 2 rings (SSSR count). The molecular formula is C11H6F6N2S. The molecule has 0 fully saturated rings. The number of hydrogen-bond acceptors (Lipinski definition) is 1. The zero-order valence-electron chi connectivity index (χ0n) is 9.78. The highest BCUT2D eigenvalue weighted by molar-refractivity contribution is 7.71. The largest absolute Gasteiger partial charge is 0.433 e. The lowest BCUT2D eigenvalue weighted by Gasteiger charge is -2.06. The fourth-order valence-electron chi connectivity index (χ4n) is 1.65. The Morgan fingerprint density at radius 3 is 2.00 bits per heavy atom. The third-order valence-corrected chi connectivity index (χ3v) is 3.12. The maximum absolute atomic E-state index is 13.1. The molecule has 0 saturated heterocycles. The number of aromatic amines is 1. The van der Waals surface area contributed by atoms with Crippen molar-refractivity contribution in [2.75, 3.05) is 0 Å². The number of nitrogens with zero attached hydrogens (tertiary/aromatic N) is 1. The molecule has 0 amide bonds. The average molecular weight is 312 g/mol. The summed E-state index contributed by atoms with van der Waals surface area (Å²) in [4.78, 5) is 0. The van der Waals surface area contributed by atoms with E-state index in [1.165, 1.54) is 0 Å². The summed E-state index contributed by atoms with van der Waals surface area (Å²) in [6.07, 6.45) is -4.69. The molecule has 0 aliphatic heterocycles. The molecule has 0 bridgehead atoms. The van der Waals surface area contributed by atoms with Crippen LogP contribution >= 0.6 is 12.2 Å². The number of rotatable bonds is 1. The van der Waals surface area contributed by atoms with Crippen molar-refractivity contribution in [3.05, 3.63) is 45.5 Å². The van der Waals surface area contributed by atoms with Crippen LogP contribution in [0.15, 0.2) is 12.1 Å². The van der Waals surface area contributed by atoms with Gasteiger partial charge >= 0.3 is 6.18 Å². The number of alkyl halides is 3. The lowest BCUT2D eigenvalue weighted by molar-refractivity contribution is -0.141. The number of H-pyrrole nitrogens is 1. The first-order valence-corrected chi connectivity index (χ1v) is 5.57. The lowest BCUT2D eigenvalue weighted by Crippen LogP contribution is -2.09. The number of halogens is 6. The van der Waals surface area contributed by atoms with Crippen molar-refractivity contribution in [2.45, 2.75) is 13.1 Å². The topological polar surface area (TPSA) is 20.7 Å². The van der Waals surface area contributed by atoms with Crippen LogP contribution in [0.25, 0.3) is 5.69 Å². The number of hydrogen-bond donors (Lipinski definition) is 1. The second-order valence-electron chi connectivity index (χ2n) is 3.97. The van der Waals surface area contributed by atoms with E-state index in [9.17, 15) is 26.3 Å². The van der Waals surface area contributed by atoms with Crippen LogP contribution in [0.1, 0.15) is 11.3 Å². The van der Waals surface area contributed by atoms with Gasteiger partial charge in [0.05, 0.1) is 5.69 Å². The quantitative estimate of drug-likeness (QED) is 0.473. The van der Waals surface area contributed by atoms with E-state index in [4.69, 9.17) is 12.2 Å². The first-order valence-electron chi connectivity index (χ1n) is 5.16. The molecule has 108 valence electrons. The van der Waals surface area contributed by atoms with Crippen LogP contribution in [0.3, 0.4) is 0 Å². The van der Waals surface area contributed by atoms with Crippen molar-refractivity contribution in [1.82, 2.24) is 9.78 Å². The Morgan fingerprint density at radius 2 is 1.60 bits per heavy atom. The monoisotopic (exact) mass is 312 g/mol. The van der Waals surface area contributed by atoms with E-state index in [1.54, 1.807) is 0 Å². The SMILES string of the molecule is Cc1c(C(F)(F)F)[nH]n(-c2cc(F)c(F)c(F)c2)c1=S. The number of nitrogens with one attached hydrogen (secondary N) is 1. The van der Waals surface area contributed by atoms with Gasteiger partial charge in [-0.25, -0.2) is 17.9 Å². The van der Waals surface area contributed by atoms with E-state index in [2.05, 4.69) is 0 Å². The third kappa shape index (κ3) is 2.33. The van der Waals surface area contributed by atoms with Crippen LogP contribution in [-0.2, 0) is 6.18 Å². The zero-order chi connectivity index (χ0) is 15.2. The summed E-state index contributed by atoms with van der Waals surface area (Å²) in [5.74, 6) is -4.76. The molecule has 2 nitrogen and oxygen atoms in total. The van der Waals surface area contributed by atoms with Crippen LogP contribution in [0, 0.1) is 29.0 Å². The van der Waals surface area contributed by atoms with Gasteiger partial charge in [0.1, 0.15) is 10.3 Å². The van der Waals surface area contributed by atoms with Crippen molar-refractivity contribution < 1.29 is 26.3 Å². The molecule has 2 aromatic rings. The molecule has 1 heterocycles. The molecule has 1 aromatic carbocycles. The van der Waals surface area contributed by atoms with Crippen LogP contribution in [0.2, 0.25) is 0 Å². The molecule has 20 heavy (non-hydrogen) atoms. The van der Waals surface area contributed by atoms with E-state index in [0.717, 1.165) is 6.92 Å². The summed E-state index contributed by atoms with van der Waals surface area (Å²) in [7, 11) is 0. The maximum atomic E-state index is 13.1. The minimum Gasteiger partial charge on any atom is -0.288 e. The highest BCUT2D eigenvalue weighted by Gasteiger charge is 2.35. The summed E-state index contributed by atoms with van der Waals surface area (Å²) in [6.45, 7) is 1.12. The van der Waals surface area contributed by atoms with Crippen LogP contribution in [0.4, 0.5) is 26.3 Å². The summed E-state index contributed by atoms with van der Waals surface area (Å²) in [5, 5.41) is 1.91. The Labute approximate surface area is 113 Å². The highest BCUT2D eigenvalue weighted by Crippen LogP contribution is 2.32. The van der Waals surface area contributed by atoms with Crippen molar-refractivity contribution in [1.29, 1.82) is 0 Å². The molecule has 0 aliphatic carbocycles. The Hall–Kier alpha value is -1.77. The molecule has 0 aliphatic rings. The van der Waals surface area contributed by atoms with Crippen LogP contribution in [0.5, 0.6) is 0 Å². The molecule has 0 atom stereocenters. The first-order chi connectivity index (χ1) is 9.12. The Bertz CT molecular complexity index is 704. The van der Waals surface area contributed by atoms with Gasteiger partial charge in [-0.05, 0) is 6.92 Å². The van der Waals surface area contributed by atoms with Crippen molar-refractivity contribution in [3.8, 4) is 5.69 Å². The molecule has 1 aromatic heterocycles. The second kappa shape index (κ2) is 4.65. The Morgan fingerprint density at radius 1 is 1.10 bits per heavy atom. The molecule has 9 heteroatoms. The molecule has 0 spiro atoms.